The molecule has 1 aromatic carbocycles. The molecular formula is C16H14N4O2. The van der Waals surface area contributed by atoms with Crippen LogP contribution in [0.25, 0.3) is 10.8 Å². The molecule has 22 heavy (non-hydrogen) atoms. The summed E-state index contributed by atoms with van der Waals surface area (Å²) >= 11 is 0. The van der Waals surface area contributed by atoms with E-state index >= 15 is 0 Å². The van der Waals surface area contributed by atoms with Gasteiger partial charge in [0.15, 0.2) is 5.69 Å². The number of amides is 1. The lowest BCUT2D eigenvalue weighted by atomic mass is 10.1. The van der Waals surface area contributed by atoms with Crippen molar-refractivity contribution in [3.05, 3.63) is 70.4 Å². The monoisotopic (exact) mass is 294 g/mol. The summed E-state index contributed by atoms with van der Waals surface area (Å²) in [6.45, 7) is 0.370. The maximum atomic E-state index is 12.6. The SMILES string of the molecule is CN(Cc1ccccn1)C(=O)c1n[nH]c(=O)c2ccccc12. The van der Waals surface area contributed by atoms with Crippen molar-refractivity contribution < 1.29 is 4.79 Å². The second-order valence-corrected chi connectivity index (χ2v) is 4.93. The number of aromatic amines is 1. The van der Waals surface area contributed by atoms with E-state index in [2.05, 4.69) is 15.2 Å². The van der Waals surface area contributed by atoms with Gasteiger partial charge in [-0.25, -0.2) is 5.10 Å². The van der Waals surface area contributed by atoms with Gasteiger partial charge >= 0.3 is 0 Å². The van der Waals surface area contributed by atoms with E-state index in [1.165, 1.54) is 4.90 Å². The Morgan fingerprint density at radius 2 is 1.86 bits per heavy atom. The summed E-state index contributed by atoms with van der Waals surface area (Å²) in [7, 11) is 1.68. The number of pyridine rings is 1. The zero-order valence-corrected chi connectivity index (χ0v) is 12.0. The Morgan fingerprint density at radius 1 is 1.14 bits per heavy atom. The first kappa shape index (κ1) is 13.9. The molecule has 0 saturated carbocycles. The Morgan fingerprint density at radius 3 is 2.59 bits per heavy atom. The molecule has 3 aromatic rings. The Bertz CT molecular complexity index is 874. The number of aromatic nitrogens is 3. The van der Waals surface area contributed by atoms with Gasteiger partial charge in [-0.2, -0.15) is 5.10 Å². The highest BCUT2D eigenvalue weighted by Crippen LogP contribution is 2.14. The second kappa shape index (κ2) is 5.77. The molecule has 0 atom stereocenters. The van der Waals surface area contributed by atoms with Gasteiger partial charge in [-0.3, -0.25) is 14.6 Å². The molecule has 0 saturated heterocycles. The molecule has 0 bridgehead atoms. The van der Waals surface area contributed by atoms with E-state index in [9.17, 15) is 9.59 Å². The number of H-pyrrole nitrogens is 1. The van der Waals surface area contributed by atoms with Crippen LogP contribution in [0.5, 0.6) is 0 Å². The molecule has 3 rings (SSSR count). The van der Waals surface area contributed by atoms with Crippen molar-refractivity contribution in [3.63, 3.8) is 0 Å². The molecule has 1 amide bonds. The molecule has 1 N–H and O–H groups in total. The predicted octanol–water partition coefficient (Wildman–Crippen LogP) is 1.59. The van der Waals surface area contributed by atoms with Crippen LogP contribution in [0.4, 0.5) is 0 Å². The molecule has 0 radical (unpaired) electrons. The molecule has 2 heterocycles. The number of nitrogens with zero attached hydrogens (tertiary/aromatic N) is 3. The number of nitrogens with one attached hydrogen (secondary N) is 1. The van der Waals surface area contributed by atoms with Gasteiger partial charge in [-0.1, -0.05) is 24.3 Å². The van der Waals surface area contributed by atoms with Gasteiger partial charge in [0.25, 0.3) is 11.5 Å². The molecule has 110 valence electrons. The minimum atomic E-state index is -0.306. The highest BCUT2D eigenvalue weighted by molar-refractivity contribution is 6.04. The Hall–Kier alpha value is -3.02. The third kappa shape index (κ3) is 2.58. The Balaban J connectivity index is 1.95. The lowest BCUT2D eigenvalue weighted by Gasteiger charge is -2.16. The van der Waals surface area contributed by atoms with Crippen LogP contribution in [0.3, 0.4) is 0 Å². The van der Waals surface area contributed by atoms with Crippen LogP contribution in [-0.2, 0) is 6.54 Å². The maximum absolute atomic E-state index is 12.6. The van der Waals surface area contributed by atoms with Crippen LogP contribution in [-0.4, -0.2) is 33.0 Å². The molecule has 2 aromatic heterocycles. The minimum Gasteiger partial charge on any atom is -0.334 e. The third-order valence-electron chi connectivity index (χ3n) is 3.37. The fourth-order valence-corrected chi connectivity index (χ4v) is 2.27. The topological polar surface area (TPSA) is 79.0 Å². The first-order valence-electron chi connectivity index (χ1n) is 6.79. The molecule has 6 nitrogen and oxygen atoms in total. The molecule has 0 fully saturated rings. The fourth-order valence-electron chi connectivity index (χ4n) is 2.27. The molecular weight excluding hydrogens is 280 g/mol. The molecule has 0 aliphatic carbocycles. The number of hydrogen-bond donors (Lipinski definition) is 1. The minimum absolute atomic E-state index is 0.230. The second-order valence-electron chi connectivity index (χ2n) is 4.93. The highest BCUT2D eigenvalue weighted by atomic mass is 16.2. The Labute approximate surface area is 126 Å². The van der Waals surface area contributed by atoms with Crippen molar-refractivity contribution in [1.29, 1.82) is 0 Å². The van der Waals surface area contributed by atoms with Crippen molar-refractivity contribution in [2.45, 2.75) is 6.54 Å². The molecule has 0 aliphatic rings. The van der Waals surface area contributed by atoms with E-state index in [0.717, 1.165) is 5.69 Å². The van der Waals surface area contributed by atoms with Gasteiger partial charge in [-0.15, -0.1) is 0 Å². The van der Waals surface area contributed by atoms with Gasteiger partial charge < -0.3 is 4.90 Å². The number of rotatable bonds is 3. The molecule has 0 aliphatic heterocycles. The summed E-state index contributed by atoms with van der Waals surface area (Å²) in [5.41, 5.74) is 0.709. The number of hydrogen-bond acceptors (Lipinski definition) is 4. The quantitative estimate of drug-likeness (QED) is 0.795. The van der Waals surface area contributed by atoms with E-state index in [1.54, 1.807) is 37.5 Å². The summed E-state index contributed by atoms with van der Waals surface area (Å²) in [6, 6.07) is 12.5. The smallest absolute Gasteiger partial charge is 0.275 e. The van der Waals surface area contributed by atoms with Crippen LogP contribution in [0.2, 0.25) is 0 Å². The van der Waals surface area contributed by atoms with E-state index in [-0.39, 0.29) is 17.2 Å². The largest absolute Gasteiger partial charge is 0.334 e. The lowest BCUT2D eigenvalue weighted by molar-refractivity contribution is 0.0778. The van der Waals surface area contributed by atoms with Gasteiger partial charge in [0.2, 0.25) is 0 Å². The van der Waals surface area contributed by atoms with Crippen LogP contribution < -0.4 is 5.56 Å². The van der Waals surface area contributed by atoms with Gasteiger partial charge in [0.1, 0.15) is 0 Å². The van der Waals surface area contributed by atoms with Gasteiger partial charge in [-0.05, 0) is 18.2 Å². The maximum Gasteiger partial charge on any atom is 0.275 e. The van der Waals surface area contributed by atoms with Crippen molar-refractivity contribution in [2.24, 2.45) is 0 Å². The first-order valence-corrected chi connectivity index (χ1v) is 6.79. The number of carbonyl (C=O) groups is 1. The summed E-state index contributed by atoms with van der Waals surface area (Å²) in [4.78, 5) is 30.1. The molecule has 0 spiro atoms. The highest BCUT2D eigenvalue weighted by Gasteiger charge is 2.18. The van der Waals surface area contributed by atoms with Crippen LogP contribution in [0, 0.1) is 0 Å². The van der Waals surface area contributed by atoms with Crippen molar-refractivity contribution in [2.75, 3.05) is 7.05 Å². The van der Waals surface area contributed by atoms with E-state index in [1.807, 2.05) is 18.2 Å². The number of carbonyl (C=O) groups excluding carboxylic acids is 1. The van der Waals surface area contributed by atoms with Crippen LogP contribution in [0.15, 0.2) is 53.5 Å². The van der Waals surface area contributed by atoms with Crippen LogP contribution in [0.1, 0.15) is 16.2 Å². The normalized spacial score (nSPS) is 10.6. The standard InChI is InChI=1S/C16H14N4O2/c1-20(10-11-6-4-5-9-17-11)16(22)14-12-7-2-3-8-13(12)15(21)19-18-14/h2-9H,10H2,1H3,(H,19,21). The van der Waals surface area contributed by atoms with Gasteiger partial charge in [0.05, 0.1) is 17.6 Å². The first-order chi connectivity index (χ1) is 10.7. The van der Waals surface area contributed by atoms with E-state index < -0.39 is 0 Å². The fraction of sp³-hybridized carbons (Fsp3) is 0.125. The molecule has 6 heteroatoms. The average Bonchev–Trinajstić information content (AvgIpc) is 2.56. The van der Waals surface area contributed by atoms with Crippen molar-refractivity contribution in [1.82, 2.24) is 20.1 Å². The summed E-state index contributed by atoms with van der Waals surface area (Å²) in [5, 5.41) is 7.29. The van der Waals surface area contributed by atoms with Crippen molar-refractivity contribution in [3.8, 4) is 0 Å². The van der Waals surface area contributed by atoms with E-state index in [0.29, 0.717) is 17.3 Å². The third-order valence-corrected chi connectivity index (χ3v) is 3.37. The number of fused-ring (bicyclic) bond motifs is 1. The number of benzene rings is 1. The van der Waals surface area contributed by atoms with Crippen LogP contribution >= 0.6 is 0 Å². The predicted molar refractivity (Wildman–Crippen MR) is 82.4 cm³/mol. The summed E-state index contributed by atoms with van der Waals surface area (Å²) < 4.78 is 0. The lowest BCUT2D eigenvalue weighted by Crippen LogP contribution is -2.29. The Kier molecular flexibility index (Phi) is 3.65. The molecule has 0 unspecified atom stereocenters. The zero-order chi connectivity index (χ0) is 15.5. The summed E-state index contributed by atoms with van der Waals surface area (Å²) in [5.74, 6) is -0.266. The summed E-state index contributed by atoms with van der Waals surface area (Å²) in [6.07, 6.45) is 1.68. The van der Waals surface area contributed by atoms with Crippen molar-refractivity contribution >= 4 is 16.7 Å². The van der Waals surface area contributed by atoms with E-state index in [4.69, 9.17) is 0 Å². The van der Waals surface area contributed by atoms with Gasteiger partial charge in [0, 0.05) is 18.6 Å². The average molecular weight is 294 g/mol. The zero-order valence-electron chi connectivity index (χ0n) is 12.0.